The summed E-state index contributed by atoms with van der Waals surface area (Å²) >= 11 is 0. The zero-order chi connectivity index (χ0) is 17.5. The van der Waals surface area contributed by atoms with E-state index in [-0.39, 0.29) is 24.5 Å². The average molecular weight is 340 g/mol. The van der Waals surface area contributed by atoms with Crippen molar-refractivity contribution in [2.45, 2.75) is 18.9 Å². The SMILES string of the molecule is COCC(=O)N1CC[C@H](Oc2cccnc2)[C@@H](Cc2ccccc2)C1. The van der Waals surface area contributed by atoms with Gasteiger partial charge >= 0.3 is 0 Å². The molecule has 1 fully saturated rings. The van der Waals surface area contributed by atoms with Crippen LogP contribution in [0.15, 0.2) is 54.9 Å². The molecule has 132 valence electrons. The second-order valence-corrected chi connectivity index (χ2v) is 6.36. The van der Waals surface area contributed by atoms with Crippen LogP contribution in [0.25, 0.3) is 0 Å². The highest BCUT2D eigenvalue weighted by molar-refractivity contribution is 5.77. The van der Waals surface area contributed by atoms with Crippen molar-refractivity contribution in [1.29, 1.82) is 0 Å². The molecule has 3 rings (SSSR count). The maximum Gasteiger partial charge on any atom is 0.248 e. The zero-order valence-electron chi connectivity index (χ0n) is 14.5. The standard InChI is InChI=1S/C20H24N2O3/c1-24-15-20(23)22-11-9-19(25-18-8-5-10-21-13-18)17(14-22)12-16-6-3-2-4-7-16/h2-8,10,13,17,19H,9,11-12,14-15H2,1H3/t17-,19-/m0/s1. The highest BCUT2D eigenvalue weighted by atomic mass is 16.5. The van der Waals surface area contributed by atoms with E-state index < -0.39 is 0 Å². The Balaban J connectivity index is 1.72. The van der Waals surface area contributed by atoms with Gasteiger partial charge < -0.3 is 14.4 Å². The van der Waals surface area contributed by atoms with Crippen molar-refractivity contribution in [3.05, 3.63) is 60.4 Å². The molecule has 0 N–H and O–H groups in total. The van der Waals surface area contributed by atoms with Gasteiger partial charge in [-0.05, 0) is 24.1 Å². The maximum atomic E-state index is 12.2. The number of rotatable bonds is 6. The number of piperidine rings is 1. The summed E-state index contributed by atoms with van der Waals surface area (Å²) in [7, 11) is 1.55. The Bertz CT molecular complexity index is 663. The summed E-state index contributed by atoms with van der Waals surface area (Å²) in [4.78, 5) is 18.2. The van der Waals surface area contributed by atoms with Gasteiger partial charge in [-0.15, -0.1) is 0 Å². The molecule has 0 aliphatic carbocycles. The van der Waals surface area contributed by atoms with Gasteiger partial charge in [0.1, 0.15) is 18.5 Å². The molecule has 2 aromatic rings. The molecule has 1 saturated heterocycles. The third-order valence-corrected chi connectivity index (χ3v) is 4.55. The van der Waals surface area contributed by atoms with Gasteiger partial charge in [-0.1, -0.05) is 30.3 Å². The van der Waals surface area contributed by atoms with Gasteiger partial charge in [0.2, 0.25) is 5.91 Å². The molecule has 1 aliphatic rings. The van der Waals surface area contributed by atoms with Gasteiger partial charge in [0.25, 0.3) is 0 Å². The molecule has 1 aliphatic heterocycles. The lowest BCUT2D eigenvalue weighted by Gasteiger charge is -2.38. The van der Waals surface area contributed by atoms with E-state index in [1.807, 2.05) is 35.2 Å². The van der Waals surface area contributed by atoms with E-state index in [1.165, 1.54) is 5.56 Å². The van der Waals surface area contributed by atoms with Crippen LogP contribution < -0.4 is 4.74 Å². The molecule has 2 atom stereocenters. The number of ether oxygens (including phenoxy) is 2. The summed E-state index contributed by atoms with van der Waals surface area (Å²) in [6.45, 7) is 1.51. The quantitative estimate of drug-likeness (QED) is 0.811. The van der Waals surface area contributed by atoms with E-state index in [9.17, 15) is 4.79 Å². The lowest BCUT2D eigenvalue weighted by molar-refractivity contribution is -0.138. The predicted molar refractivity (Wildman–Crippen MR) is 95.4 cm³/mol. The van der Waals surface area contributed by atoms with Gasteiger partial charge in [0.05, 0.1) is 6.20 Å². The molecule has 0 bridgehead atoms. The first-order valence-corrected chi connectivity index (χ1v) is 8.63. The van der Waals surface area contributed by atoms with Crippen LogP contribution in [-0.2, 0) is 16.0 Å². The van der Waals surface area contributed by atoms with Crippen LogP contribution >= 0.6 is 0 Å². The highest BCUT2D eigenvalue weighted by Crippen LogP contribution is 2.26. The molecule has 1 amide bonds. The molecule has 5 heteroatoms. The molecule has 1 aromatic carbocycles. The van der Waals surface area contributed by atoms with E-state index in [0.29, 0.717) is 13.1 Å². The first-order valence-electron chi connectivity index (χ1n) is 8.63. The number of carbonyl (C=O) groups is 1. The number of nitrogens with zero attached hydrogens (tertiary/aromatic N) is 2. The number of methoxy groups -OCH3 is 1. The molecule has 0 unspecified atom stereocenters. The number of benzene rings is 1. The monoisotopic (exact) mass is 340 g/mol. The molecule has 25 heavy (non-hydrogen) atoms. The summed E-state index contributed by atoms with van der Waals surface area (Å²) in [6.07, 6.45) is 5.23. The minimum Gasteiger partial charge on any atom is -0.488 e. The van der Waals surface area contributed by atoms with Crippen LogP contribution in [0.4, 0.5) is 0 Å². The summed E-state index contributed by atoms with van der Waals surface area (Å²) in [5.74, 6) is 1.06. The summed E-state index contributed by atoms with van der Waals surface area (Å²) in [6, 6.07) is 14.1. The van der Waals surface area contributed by atoms with Crippen LogP contribution in [-0.4, -0.2) is 48.7 Å². The van der Waals surface area contributed by atoms with Crippen molar-refractivity contribution in [2.75, 3.05) is 26.8 Å². The van der Waals surface area contributed by atoms with Crippen LogP contribution in [0, 0.1) is 5.92 Å². The van der Waals surface area contributed by atoms with Gasteiger partial charge in [-0.3, -0.25) is 9.78 Å². The van der Waals surface area contributed by atoms with Crippen molar-refractivity contribution < 1.29 is 14.3 Å². The molecular weight excluding hydrogens is 316 g/mol. The Kier molecular flexibility index (Phi) is 6.01. The predicted octanol–water partition coefficient (Wildman–Crippen LogP) is 2.57. The Morgan fingerprint density at radius 2 is 2.08 bits per heavy atom. The van der Waals surface area contributed by atoms with Gasteiger partial charge in [-0.25, -0.2) is 0 Å². The molecular formula is C20H24N2O3. The van der Waals surface area contributed by atoms with E-state index in [1.54, 1.807) is 19.5 Å². The number of carbonyl (C=O) groups excluding carboxylic acids is 1. The Hall–Kier alpha value is -2.40. The van der Waals surface area contributed by atoms with Gasteiger partial charge in [0.15, 0.2) is 0 Å². The van der Waals surface area contributed by atoms with Crippen molar-refractivity contribution in [2.24, 2.45) is 5.92 Å². The maximum absolute atomic E-state index is 12.2. The Morgan fingerprint density at radius 3 is 2.80 bits per heavy atom. The molecule has 0 spiro atoms. The first-order chi connectivity index (χ1) is 12.3. The van der Waals surface area contributed by atoms with Crippen LogP contribution in [0.2, 0.25) is 0 Å². The molecule has 2 heterocycles. The number of amides is 1. The summed E-state index contributed by atoms with van der Waals surface area (Å²) in [5.41, 5.74) is 1.26. The zero-order valence-corrected chi connectivity index (χ0v) is 14.5. The minimum atomic E-state index is 0.0420. The number of aromatic nitrogens is 1. The fraction of sp³-hybridized carbons (Fsp3) is 0.400. The van der Waals surface area contributed by atoms with E-state index in [2.05, 4.69) is 17.1 Å². The normalized spacial score (nSPS) is 20.3. The van der Waals surface area contributed by atoms with E-state index in [4.69, 9.17) is 9.47 Å². The lowest BCUT2D eigenvalue weighted by Crippen LogP contribution is -2.49. The lowest BCUT2D eigenvalue weighted by atomic mass is 9.88. The second kappa shape index (κ2) is 8.62. The van der Waals surface area contributed by atoms with Crippen molar-refractivity contribution in [3.8, 4) is 5.75 Å². The number of likely N-dealkylation sites (tertiary alicyclic amines) is 1. The number of hydrogen-bond donors (Lipinski definition) is 0. The topological polar surface area (TPSA) is 51.7 Å². The number of hydrogen-bond acceptors (Lipinski definition) is 4. The number of pyridine rings is 1. The summed E-state index contributed by atoms with van der Waals surface area (Å²) < 4.78 is 11.2. The van der Waals surface area contributed by atoms with E-state index >= 15 is 0 Å². The fourth-order valence-corrected chi connectivity index (χ4v) is 3.31. The molecule has 0 saturated carbocycles. The van der Waals surface area contributed by atoms with Crippen molar-refractivity contribution >= 4 is 5.91 Å². The van der Waals surface area contributed by atoms with E-state index in [0.717, 1.165) is 18.6 Å². The average Bonchev–Trinajstić information content (AvgIpc) is 2.65. The second-order valence-electron chi connectivity index (χ2n) is 6.36. The molecule has 5 nitrogen and oxygen atoms in total. The largest absolute Gasteiger partial charge is 0.488 e. The Morgan fingerprint density at radius 1 is 1.24 bits per heavy atom. The minimum absolute atomic E-state index is 0.0420. The fourth-order valence-electron chi connectivity index (χ4n) is 3.31. The van der Waals surface area contributed by atoms with Gasteiger partial charge in [0, 0.05) is 38.7 Å². The first kappa shape index (κ1) is 17.4. The van der Waals surface area contributed by atoms with Crippen molar-refractivity contribution in [1.82, 2.24) is 9.88 Å². The van der Waals surface area contributed by atoms with Crippen LogP contribution in [0.1, 0.15) is 12.0 Å². The Labute approximate surface area is 148 Å². The highest BCUT2D eigenvalue weighted by Gasteiger charge is 2.33. The smallest absolute Gasteiger partial charge is 0.248 e. The van der Waals surface area contributed by atoms with Crippen LogP contribution in [0.3, 0.4) is 0 Å². The molecule has 1 aromatic heterocycles. The van der Waals surface area contributed by atoms with Crippen molar-refractivity contribution in [3.63, 3.8) is 0 Å². The third kappa shape index (κ3) is 4.79. The summed E-state index contributed by atoms with van der Waals surface area (Å²) in [5, 5.41) is 0. The van der Waals surface area contributed by atoms with Crippen LogP contribution in [0.5, 0.6) is 5.75 Å². The molecule has 0 radical (unpaired) electrons. The third-order valence-electron chi connectivity index (χ3n) is 4.55. The van der Waals surface area contributed by atoms with Gasteiger partial charge in [-0.2, -0.15) is 0 Å².